The van der Waals surface area contributed by atoms with Crippen LogP contribution in [-0.2, 0) is 11.2 Å². The molecule has 2 aliphatic heterocycles. The molecule has 126 valence electrons. The van der Waals surface area contributed by atoms with Crippen molar-refractivity contribution in [2.24, 2.45) is 0 Å². The van der Waals surface area contributed by atoms with Crippen molar-refractivity contribution >= 4 is 11.6 Å². The Morgan fingerprint density at radius 1 is 1.33 bits per heavy atom. The largest absolute Gasteiger partial charge is 0.379 e. The van der Waals surface area contributed by atoms with Crippen molar-refractivity contribution in [3.63, 3.8) is 0 Å². The smallest absolute Gasteiger partial charge is 0.225 e. The number of anilines is 2. The van der Waals surface area contributed by atoms with E-state index in [1.165, 1.54) is 5.56 Å². The zero-order valence-electron chi connectivity index (χ0n) is 14.0. The molecule has 2 aromatic heterocycles. The molecule has 4 rings (SSSR count). The summed E-state index contributed by atoms with van der Waals surface area (Å²) >= 11 is 0. The minimum absolute atomic E-state index is 0.0767. The lowest BCUT2D eigenvalue weighted by atomic mass is 9.97. The predicted molar refractivity (Wildman–Crippen MR) is 93.2 cm³/mol. The fourth-order valence-electron chi connectivity index (χ4n) is 3.61. The molecule has 1 N–H and O–H groups in total. The van der Waals surface area contributed by atoms with Crippen LogP contribution in [0.1, 0.15) is 25.3 Å². The van der Waals surface area contributed by atoms with Gasteiger partial charge < -0.3 is 15.0 Å². The van der Waals surface area contributed by atoms with Gasteiger partial charge in [0.1, 0.15) is 0 Å². The minimum atomic E-state index is -0.0767. The van der Waals surface area contributed by atoms with Gasteiger partial charge in [-0.25, -0.2) is 9.97 Å². The summed E-state index contributed by atoms with van der Waals surface area (Å²) in [4.78, 5) is 15.4. The Hall–Kier alpha value is -2.21. The fraction of sp³-hybridized carbons (Fsp3) is 0.500. The number of hydrogen-bond acceptors (Lipinski definition) is 6. The second-order valence-corrected chi connectivity index (χ2v) is 6.70. The first-order valence-corrected chi connectivity index (χ1v) is 8.63. The van der Waals surface area contributed by atoms with Gasteiger partial charge >= 0.3 is 0 Å². The van der Waals surface area contributed by atoms with E-state index in [2.05, 4.69) is 32.1 Å². The Balaban J connectivity index is 1.39. The van der Waals surface area contributed by atoms with Crippen LogP contribution in [0.2, 0.25) is 0 Å². The summed E-state index contributed by atoms with van der Waals surface area (Å²) in [6.07, 6.45) is 10.5. The van der Waals surface area contributed by atoms with Crippen LogP contribution in [0, 0.1) is 0 Å². The van der Waals surface area contributed by atoms with Gasteiger partial charge in [-0.1, -0.05) is 6.92 Å². The normalized spacial score (nSPS) is 26.2. The third-order valence-electron chi connectivity index (χ3n) is 4.94. The van der Waals surface area contributed by atoms with Gasteiger partial charge in [0.25, 0.3) is 0 Å². The van der Waals surface area contributed by atoms with E-state index < -0.39 is 0 Å². The van der Waals surface area contributed by atoms with E-state index in [0.717, 1.165) is 50.6 Å². The average molecular weight is 325 g/mol. The van der Waals surface area contributed by atoms with Crippen molar-refractivity contribution in [2.75, 3.05) is 29.9 Å². The molecular formula is C18H23N5O. The Bertz CT molecular complexity index is 678. The predicted octanol–water partition coefficient (Wildman–Crippen LogP) is 2.28. The van der Waals surface area contributed by atoms with Crippen molar-refractivity contribution in [1.29, 1.82) is 0 Å². The number of nitrogens with zero attached hydrogens (tertiary/aromatic N) is 4. The van der Waals surface area contributed by atoms with Crippen LogP contribution in [0.5, 0.6) is 0 Å². The summed E-state index contributed by atoms with van der Waals surface area (Å²) in [5, 5.41) is 3.52. The number of ether oxygens (including phenoxy) is 1. The Kier molecular flexibility index (Phi) is 4.06. The van der Waals surface area contributed by atoms with Crippen LogP contribution < -0.4 is 10.2 Å². The summed E-state index contributed by atoms with van der Waals surface area (Å²) in [5.74, 6) is 0.816. The van der Waals surface area contributed by atoms with Gasteiger partial charge in [0.05, 0.1) is 30.5 Å². The lowest BCUT2D eigenvalue weighted by molar-refractivity contribution is 0.0228. The molecule has 2 atom stereocenters. The zero-order valence-corrected chi connectivity index (χ0v) is 14.0. The van der Waals surface area contributed by atoms with Crippen molar-refractivity contribution in [3.05, 3.63) is 42.5 Å². The number of rotatable bonds is 4. The molecule has 24 heavy (non-hydrogen) atoms. The van der Waals surface area contributed by atoms with E-state index in [0.29, 0.717) is 6.04 Å². The van der Waals surface area contributed by atoms with Crippen LogP contribution in [0.15, 0.2) is 36.9 Å². The second-order valence-electron chi connectivity index (χ2n) is 6.70. The monoisotopic (exact) mass is 325 g/mol. The quantitative estimate of drug-likeness (QED) is 0.930. The molecular weight excluding hydrogens is 302 g/mol. The van der Waals surface area contributed by atoms with Crippen molar-refractivity contribution in [2.45, 2.75) is 37.8 Å². The highest BCUT2D eigenvalue weighted by Gasteiger charge is 2.46. The Morgan fingerprint density at radius 2 is 2.21 bits per heavy atom. The minimum Gasteiger partial charge on any atom is -0.379 e. The third kappa shape index (κ3) is 3.06. The number of pyridine rings is 1. The number of nitrogens with one attached hydrogen (secondary N) is 1. The summed E-state index contributed by atoms with van der Waals surface area (Å²) in [5.41, 5.74) is 2.15. The number of hydrogen-bond donors (Lipinski definition) is 1. The summed E-state index contributed by atoms with van der Waals surface area (Å²) in [7, 11) is 0. The standard InChI is InChI=1S/C18H23N5O/c1-2-14-9-20-17(21-10-14)23-7-5-18(13-23)8-16(12-24-18)22-15-4-3-6-19-11-15/h3-4,6,9-11,16,22H,2,5,7-8,12-13H2,1H3. The van der Waals surface area contributed by atoms with E-state index in [1.54, 1.807) is 6.20 Å². The first-order valence-electron chi connectivity index (χ1n) is 8.63. The molecule has 0 saturated carbocycles. The maximum atomic E-state index is 6.20. The first kappa shape index (κ1) is 15.3. The number of aromatic nitrogens is 3. The van der Waals surface area contributed by atoms with Gasteiger partial charge in [0.2, 0.25) is 5.95 Å². The molecule has 2 aromatic rings. The van der Waals surface area contributed by atoms with E-state index in [-0.39, 0.29) is 5.60 Å². The summed E-state index contributed by atoms with van der Waals surface area (Å²) in [6, 6.07) is 4.32. The van der Waals surface area contributed by atoms with Crippen molar-refractivity contribution in [3.8, 4) is 0 Å². The molecule has 0 aromatic carbocycles. The van der Waals surface area contributed by atoms with Crippen LogP contribution in [0.3, 0.4) is 0 Å². The molecule has 6 nitrogen and oxygen atoms in total. The zero-order chi connectivity index (χ0) is 16.4. The average Bonchev–Trinajstić information content (AvgIpc) is 3.23. The van der Waals surface area contributed by atoms with Gasteiger partial charge in [-0.3, -0.25) is 4.98 Å². The molecule has 0 aliphatic carbocycles. The highest BCUT2D eigenvalue weighted by Crippen LogP contribution is 2.37. The van der Waals surface area contributed by atoms with Crippen LogP contribution >= 0.6 is 0 Å². The SMILES string of the molecule is CCc1cnc(N2CCC3(CC(Nc4cccnc4)CO3)C2)nc1. The molecule has 4 heterocycles. The molecule has 6 heteroatoms. The highest BCUT2D eigenvalue weighted by atomic mass is 16.5. The lowest BCUT2D eigenvalue weighted by Gasteiger charge is -2.23. The third-order valence-corrected chi connectivity index (χ3v) is 4.94. The summed E-state index contributed by atoms with van der Waals surface area (Å²) < 4.78 is 6.20. The van der Waals surface area contributed by atoms with Gasteiger partial charge in [-0.05, 0) is 30.5 Å². The van der Waals surface area contributed by atoms with Crippen LogP contribution in [-0.4, -0.2) is 46.3 Å². The molecule has 2 aliphatic rings. The highest BCUT2D eigenvalue weighted by molar-refractivity contribution is 5.42. The Labute approximate surface area is 142 Å². The fourth-order valence-corrected chi connectivity index (χ4v) is 3.61. The maximum Gasteiger partial charge on any atom is 0.225 e. The van der Waals surface area contributed by atoms with Crippen LogP contribution in [0.25, 0.3) is 0 Å². The summed E-state index contributed by atoms with van der Waals surface area (Å²) in [6.45, 7) is 4.66. The van der Waals surface area contributed by atoms with Gasteiger partial charge in [-0.2, -0.15) is 0 Å². The lowest BCUT2D eigenvalue weighted by Crippen LogP contribution is -2.34. The molecule has 2 fully saturated rings. The maximum absolute atomic E-state index is 6.20. The molecule has 0 bridgehead atoms. The van der Waals surface area contributed by atoms with E-state index in [4.69, 9.17) is 4.74 Å². The van der Waals surface area contributed by atoms with E-state index >= 15 is 0 Å². The van der Waals surface area contributed by atoms with Crippen molar-refractivity contribution < 1.29 is 4.74 Å². The first-order chi connectivity index (χ1) is 11.8. The van der Waals surface area contributed by atoms with Gasteiger partial charge in [-0.15, -0.1) is 0 Å². The molecule has 1 spiro atoms. The molecule has 2 unspecified atom stereocenters. The van der Waals surface area contributed by atoms with Crippen molar-refractivity contribution in [1.82, 2.24) is 15.0 Å². The number of aryl methyl sites for hydroxylation is 1. The second kappa shape index (κ2) is 6.36. The van der Waals surface area contributed by atoms with E-state index in [1.807, 2.05) is 30.7 Å². The van der Waals surface area contributed by atoms with E-state index in [9.17, 15) is 0 Å². The molecule has 0 amide bonds. The topological polar surface area (TPSA) is 63.2 Å². The van der Waals surface area contributed by atoms with Crippen LogP contribution in [0.4, 0.5) is 11.6 Å². The molecule has 2 saturated heterocycles. The van der Waals surface area contributed by atoms with Gasteiger partial charge in [0.15, 0.2) is 0 Å². The van der Waals surface area contributed by atoms with Gasteiger partial charge in [0, 0.05) is 37.8 Å². The molecule has 0 radical (unpaired) electrons. The Morgan fingerprint density at radius 3 is 2.96 bits per heavy atom.